The van der Waals surface area contributed by atoms with Crippen molar-refractivity contribution in [3.8, 4) is 0 Å². The van der Waals surface area contributed by atoms with Crippen LogP contribution in [0.3, 0.4) is 0 Å². The lowest BCUT2D eigenvalue weighted by atomic mass is 10.1. The third-order valence-corrected chi connectivity index (χ3v) is 1.97. The fourth-order valence-corrected chi connectivity index (χ4v) is 1.25. The summed E-state index contributed by atoms with van der Waals surface area (Å²) in [5.41, 5.74) is 0. The van der Waals surface area contributed by atoms with Gasteiger partial charge >= 0.3 is 6.09 Å². The van der Waals surface area contributed by atoms with Crippen LogP contribution < -0.4 is 0 Å². The van der Waals surface area contributed by atoms with Gasteiger partial charge in [-0.05, 0) is 0 Å². The third-order valence-electron chi connectivity index (χ3n) is 1.97. The maximum Gasteiger partial charge on any atom is 0.410 e. The molecule has 1 saturated heterocycles. The Kier molecular flexibility index (Phi) is 3.08. The van der Waals surface area contributed by atoms with E-state index in [1.165, 1.54) is 11.0 Å². The number of ether oxygens (including phenoxy) is 1. The van der Waals surface area contributed by atoms with Gasteiger partial charge in [-0.15, -0.1) is 13.2 Å². The quantitative estimate of drug-likeness (QED) is 0.647. The maximum absolute atomic E-state index is 11.1. The number of carbonyl (C=O) groups is 1. The van der Waals surface area contributed by atoms with E-state index in [9.17, 15) is 9.90 Å². The standard InChI is InChI=1S/C9H13NO3/c1-3-5-10-7(8(11)4-2)6-13-9(10)12/h3-4,7-8,11H,1-2,5-6H2/t7-,8+/m1/s1. The van der Waals surface area contributed by atoms with Crippen molar-refractivity contribution in [2.24, 2.45) is 0 Å². The summed E-state index contributed by atoms with van der Waals surface area (Å²) in [4.78, 5) is 12.5. The van der Waals surface area contributed by atoms with Gasteiger partial charge in [0.15, 0.2) is 0 Å². The molecule has 0 aliphatic carbocycles. The second-order valence-corrected chi connectivity index (χ2v) is 2.81. The molecule has 2 atom stereocenters. The molecule has 13 heavy (non-hydrogen) atoms. The zero-order valence-corrected chi connectivity index (χ0v) is 7.35. The number of carbonyl (C=O) groups excluding carboxylic acids is 1. The second-order valence-electron chi connectivity index (χ2n) is 2.81. The topological polar surface area (TPSA) is 49.8 Å². The Morgan fingerprint density at radius 2 is 2.46 bits per heavy atom. The van der Waals surface area contributed by atoms with Gasteiger partial charge in [-0.1, -0.05) is 12.2 Å². The van der Waals surface area contributed by atoms with Crippen molar-refractivity contribution in [2.45, 2.75) is 12.1 Å². The fraction of sp³-hybridized carbons (Fsp3) is 0.444. The molecular weight excluding hydrogens is 170 g/mol. The van der Waals surface area contributed by atoms with Crippen LogP contribution in [0.2, 0.25) is 0 Å². The lowest BCUT2D eigenvalue weighted by Crippen LogP contribution is -2.41. The summed E-state index contributed by atoms with van der Waals surface area (Å²) < 4.78 is 4.79. The number of amides is 1. The molecule has 1 fully saturated rings. The molecule has 0 aromatic heterocycles. The van der Waals surface area contributed by atoms with Crippen molar-refractivity contribution in [3.05, 3.63) is 25.3 Å². The smallest absolute Gasteiger partial charge is 0.410 e. The Bertz CT molecular complexity index is 227. The first-order valence-electron chi connectivity index (χ1n) is 4.05. The van der Waals surface area contributed by atoms with Gasteiger partial charge in [0, 0.05) is 6.54 Å². The van der Waals surface area contributed by atoms with Crippen molar-refractivity contribution in [3.63, 3.8) is 0 Å². The van der Waals surface area contributed by atoms with Crippen LogP contribution in [0.1, 0.15) is 0 Å². The molecule has 4 nitrogen and oxygen atoms in total. The molecule has 72 valence electrons. The molecule has 0 aromatic carbocycles. The molecule has 1 aliphatic rings. The van der Waals surface area contributed by atoms with Crippen molar-refractivity contribution >= 4 is 6.09 Å². The summed E-state index contributed by atoms with van der Waals surface area (Å²) in [6, 6.07) is -0.331. The average molecular weight is 183 g/mol. The normalized spacial score (nSPS) is 23.9. The molecule has 1 heterocycles. The number of cyclic esters (lactones) is 1. The van der Waals surface area contributed by atoms with Crippen molar-refractivity contribution in [1.29, 1.82) is 0 Å². The third kappa shape index (κ3) is 1.89. The number of hydrogen-bond acceptors (Lipinski definition) is 3. The highest BCUT2D eigenvalue weighted by Crippen LogP contribution is 2.15. The summed E-state index contributed by atoms with van der Waals surface area (Å²) in [6.45, 7) is 7.57. The molecule has 0 bridgehead atoms. The van der Waals surface area contributed by atoms with Gasteiger partial charge in [0.05, 0.1) is 12.1 Å². The number of nitrogens with zero attached hydrogens (tertiary/aromatic N) is 1. The molecule has 0 spiro atoms. The molecule has 0 aromatic rings. The second kappa shape index (κ2) is 4.09. The minimum Gasteiger partial charge on any atom is -0.447 e. The Balaban J connectivity index is 2.68. The van der Waals surface area contributed by atoms with Crippen LogP contribution in [0.15, 0.2) is 25.3 Å². The molecule has 1 rings (SSSR count). The molecule has 4 heteroatoms. The minimum atomic E-state index is -0.744. The molecule has 1 aliphatic heterocycles. The predicted molar refractivity (Wildman–Crippen MR) is 48.2 cm³/mol. The highest BCUT2D eigenvalue weighted by Gasteiger charge is 2.35. The predicted octanol–water partition coefficient (Wildman–Crippen LogP) is 0.540. The minimum absolute atomic E-state index is 0.208. The first-order valence-corrected chi connectivity index (χ1v) is 4.05. The van der Waals surface area contributed by atoms with E-state index in [-0.39, 0.29) is 12.6 Å². The highest BCUT2D eigenvalue weighted by atomic mass is 16.6. The zero-order valence-electron chi connectivity index (χ0n) is 7.35. The Hall–Kier alpha value is -1.29. The van der Waals surface area contributed by atoms with Crippen LogP contribution >= 0.6 is 0 Å². The summed E-state index contributed by atoms with van der Waals surface area (Å²) in [5, 5.41) is 9.45. The fourth-order valence-electron chi connectivity index (χ4n) is 1.25. The molecule has 1 amide bonds. The van der Waals surface area contributed by atoms with Crippen LogP contribution in [0.4, 0.5) is 4.79 Å². The Morgan fingerprint density at radius 3 is 3.00 bits per heavy atom. The monoisotopic (exact) mass is 183 g/mol. The molecule has 0 radical (unpaired) electrons. The largest absolute Gasteiger partial charge is 0.447 e. The zero-order chi connectivity index (χ0) is 9.84. The van der Waals surface area contributed by atoms with E-state index in [1.807, 2.05) is 0 Å². The summed E-state index contributed by atoms with van der Waals surface area (Å²) in [5.74, 6) is 0. The van der Waals surface area contributed by atoms with Gasteiger partial charge in [0.25, 0.3) is 0 Å². The van der Waals surface area contributed by atoms with Crippen LogP contribution in [0.25, 0.3) is 0 Å². The summed E-state index contributed by atoms with van der Waals surface area (Å²) in [6.07, 6.45) is 1.83. The molecule has 0 unspecified atom stereocenters. The van der Waals surface area contributed by atoms with E-state index in [2.05, 4.69) is 13.2 Å². The maximum atomic E-state index is 11.1. The van der Waals surface area contributed by atoms with Gasteiger partial charge in [-0.3, -0.25) is 4.90 Å². The van der Waals surface area contributed by atoms with Gasteiger partial charge in [-0.25, -0.2) is 4.79 Å². The van der Waals surface area contributed by atoms with E-state index in [0.29, 0.717) is 6.54 Å². The Labute approximate surface area is 77.1 Å². The summed E-state index contributed by atoms with van der Waals surface area (Å²) >= 11 is 0. The number of rotatable bonds is 4. The summed E-state index contributed by atoms with van der Waals surface area (Å²) in [7, 11) is 0. The lowest BCUT2D eigenvalue weighted by molar-refractivity contribution is 0.127. The van der Waals surface area contributed by atoms with Gasteiger partial charge in [-0.2, -0.15) is 0 Å². The number of hydrogen-bond donors (Lipinski definition) is 1. The molecule has 1 N–H and O–H groups in total. The van der Waals surface area contributed by atoms with E-state index in [0.717, 1.165) is 0 Å². The number of aliphatic hydroxyl groups is 1. The van der Waals surface area contributed by atoms with Gasteiger partial charge < -0.3 is 9.84 Å². The highest BCUT2D eigenvalue weighted by molar-refractivity contribution is 5.70. The van der Waals surface area contributed by atoms with Crippen LogP contribution in [0.5, 0.6) is 0 Å². The van der Waals surface area contributed by atoms with E-state index in [1.54, 1.807) is 6.08 Å². The van der Waals surface area contributed by atoms with Crippen molar-refractivity contribution in [1.82, 2.24) is 4.90 Å². The first-order chi connectivity index (χ1) is 6.20. The van der Waals surface area contributed by atoms with Crippen molar-refractivity contribution in [2.75, 3.05) is 13.2 Å². The Morgan fingerprint density at radius 1 is 1.77 bits per heavy atom. The van der Waals surface area contributed by atoms with Gasteiger partial charge in [0.2, 0.25) is 0 Å². The van der Waals surface area contributed by atoms with E-state index >= 15 is 0 Å². The van der Waals surface area contributed by atoms with Gasteiger partial charge in [0.1, 0.15) is 6.61 Å². The van der Waals surface area contributed by atoms with E-state index in [4.69, 9.17) is 4.74 Å². The molecule has 0 saturated carbocycles. The van der Waals surface area contributed by atoms with Crippen LogP contribution in [-0.4, -0.2) is 41.4 Å². The first kappa shape index (κ1) is 9.80. The van der Waals surface area contributed by atoms with Crippen LogP contribution in [0, 0.1) is 0 Å². The average Bonchev–Trinajstić information content (AvgIpc) is 2.48. The number of aliphatic hydroxyl groups excluding tert-OH is 1. The van der Waals surface area contributed by atoms with E-state index < -0.39 is 12.2 Å². The molecular formula is C9H13NO3. The lowest BCUT2D eigenvalue weighted by Gasteiger charge is -2.22. The van der Waals surface area contributed by atoms with Crippen LogP contribution in [-0.2, 0) is 4.74 Å². The SMILES string of the molecule is C=CCN1C(=O)OC[C@@H]1[C@@H](O)C=C. The van der Waals surface area contributed by atoms with Crippen molar-refractivity contribution < 1.29 is 14.6 Å².